The summed E-state index contributed by atoms with van der Waals surface area (Å²) in [7, 11) is 1.80. The molecule has 0 amide bonds. The van der Waals surface area contributed by atoms with Crippen LogP contribution >= 0.6 is 57.9 Å². The number of nitrogens with one attached hydrogen (secondary N) is 2. The smallest absolute Gasteiger partial charge is 0.191 e. The van der Waals surface area contributed by atoms with Gasteiger partial charge in [-0.3, -0.25) is 4.99 Å². The molecular formula is C11H19I2N3S. The molecule has 0 fully saturated rings. The van der Waals surface area contributed by atoms with Crippen LogP contribution in [0.5, 0.6) is 0 Å². The highest BCUT2D eigenvalue weighted by Crippen LogP contribution is 2.18. The molecule has 2 N–H and O–H groups in total. The van der Waals surface area contributed by atoms with Crippen LogP contribution in [0.3, 0.4) is 0 Å². The van der Waals surface area contributed by atoms with Gasteiger partial charge in [0.15, 0.2) is 5.96 Å². The minimum atomic E-state index is 0. The number of thiophene rings is 1. The van der Waals surface area contributed by atoms with E-state index in [1.165, 1.54) is 7.76 Å². The fourth-order valence-electron chi connectivity index (χ4n) is 1.26. The Bertz CT molecular complexity index is 350. The van der Waals surface area contributed by atoms with Crippen molar-refractivity contribution in [1.82, 2.24) is 10.6 Å². The fraction of sp³-hybridized carbons (Fsp3) is 0.545. The second-order valence-electron chi connectivity index (χ2n) is 3.75. The van der Waals surface area contributed by atoms with Crippen molar-refractivity contribution in [2.75, 3.05) is 13.6 Å². The van der Waals surface area contributed by atoms with Gasteiger partial charge in [0.05, 0.1) is 2.88 Å². The molecule has 3 nitrogen and oxygen atoms in total. The summed E-state index contributed by atoms with van der Waals surface area (Å²) in [4.78, 5) is 5.57. The van der Waals surface area contributed by atoms with E-state index in [4.69, 9.17) is 0 Å². The van der Waals surface area contributed by atoms with Crippen LogP contribution in [-0.4, -0.2) is 25.6 Å². The Labute approximate surface area is 138 Å². The first-order valence-corrected chi connectivity index (χ1v) is 7.22. The van der Waals surface area contributed by atoms with Crippen LogP contribution in [0.2, 0.25) is 0 Å². The van der Waals surface area contributed by atoms with Crippen LogP contribution in [0, 0.1) is 2.88 Å². The van der Waals surface area contributed by atoms with Crippen molar-refractivity contribution in [2.45, 2.75) is 26.3 Å². The SMILES string of the molecule is CN=C(NCCc1ccc(I)s1)NC(C)C.I. The van der Waals surface area contributed by atoms with Gasteiger partial charge in [0.25, 0.3) is 0 Å². The first kappa shape index (κ1) is 17.4. The average Bonchev–Trinajstić information content (AvgIpc) is 2.62. The molecule has 6 heteroatoms. The van der Waals surface area contributed by atoms with E-state index in [9.17, 15) is 0 Å². The zero-order chi connectivity index (χ0) is 12.0. The summed E-state index contributed by atoms with van der Waals surface area (Å²) in [6, 6.07) is 4.75. The number of nitrogens with zero attached hydrogens (tertiary/aromatic N) is 1. The van der Waals surface area contributed by atoms with Gasteiger partial charge in [0.2, 0.25) is 0 Å². The van der Waals surface area contributed by atoms with E-state index in [2.05, 4.69) is 64.2 Å². The number of hydrogen-bond donors (Lipinski definition) is 2. The summed E-state index contributed by atoms with van der Waals surface area (Å²) in [6.45, 7) is 5.13. The van der Waals surface area contributed by atoms with Crippen LogP contribution in [0.1, 0.15) is 18.7 Å². The molecule has 1 heterocycles. The zero-order valence-electron chi connectivity index (χ0n) is 10.3. The van der Waals surface area contributed by atoms with Gasteiger partial charge in [-0.1, -0.05) is 0 Å². The van der Waals surface area contributed by atoms with E-state index in [1.807, 2.05) is 11.3 Å². The molecule has 1 aromatic heterocycles. The van der Waals surface area contributed by atoms with E-state index >= 15 is 0 Å². The topological polar surface area (TPSA) is 36.4 Å². The summed E-state index contributed by atoms with van der Waals surface area (Å²) >= 11 is 4.20. The zero-order valence-corrected chi connectivity index (χ0v) is 15.6. The quantitative estimate of drug-likeness (QED) is 0.396. The third-order valence-electron chi connectivity index (χ3n) is 1.94. The van der Waals surface area contributed by atoms with Gasteiger partial charge in [-0.05, 0) is 55.0 Å². The number of guanidine groups is 1. The number of aliphatic imine (C=N–C) groups is 1. The second-order valence-corrected chi connectivity index (χ2v) is 6.82. The molecule has 0 spiro atoms. The standard InChI is InChI=1S/C11H18IN3S.HI/c1-8(2)15-11(13-3)14-7-6-9-4-5-10(12)16-9;/h4-5,8H,6-7H2,1-3H3,(H2,13,14,15);1H. The van der Waals surface area contributed by atoms with Crippen molar-refractivity contribution in [3.05, 3.63) is 19.9 Å². The minimum absolute atomic E-state index is 0. The lowest BCUT2D eigenvalue weighted by Crippen LogP contribution is -2.41. The van der Waals surface area contributed by atoms with Crippen molar-refractivity contribution in [1.29, 1.82) is 0 Å². The first-order valence-electron chi connectivity index (χ1n) is 5.33. The molecule has 98 valence electrons. The fourth-order valence-corrected chi connectivity index (χ4v) is 3.01. The van der Waals surface area contributed by atoms with Gasteiger partial charge >= 0.3 is 0 Å². The lowest BCUT2D eigenvalue weighted by Gasteiger charge is -2.13. The highest BCUT2D eigenvalue weighted by atomic mass is 127. The maximum absolute atomic E-state index is 4.16. The summed E-state index contributed by atoms with van der Waals surface area (Å²) in [6.07, 6.45) is 1.05. The summed E-state index contributed by atoms with van der Waals surface area (Å²) in [5.41, 5.74) is 0. The molecule has 0 aliphatic heterocycles. The highest BCUT2D eigenvalue weighted by molar-refractivity contribution is 14.1. The van der Waals surface area contributed by atoms with Crippen LogP contribution in [0.15, 0.2) is 17.1 Å². The van der Waals surface area contributed by atoms with Crippen LogP contribution in [0.25, 0.3) is 0 Å². The van der Waals surface area contributed by atoms with Crippen LogP contribution in [-0.2, 0) is 6.42 Å². The predicted molar refractivity (Wildman–Crippen MR) is 95.8 cm³/mol. The van der Waals surface area contributed by atoms with E-state index in [-0.39, 0.29) is 24.0 Å². The molecule has 0 aromatic carbocycles. The normalized spacial score (nSPS) is 11.2. The molecule has 0 radical (unpaired) electrons. The van der Waals surface area contributed by atoms with Gasteiger partial charge in [-0.2, -0.15) is 0 Å². The predicted octanol–water partition coefficient (Wildman–Crippen LogP) is 3.09. The number of rotatable bonds is 4. The number of hydrogen-bond acceptors (Lipinski definition) is 2. The summed E-state index contributed by atoms with van der Waals surface area (Å²) in [5, 5.41) is 6.56. The molecule has 0 aliphatic rings. The Balaban J connectivity index is 0.00000256. The molecule has 0 bridgehead atoms. The molecule has 1 rings (SSSR count). The first-order chi connectivity index (χ1) is 7.61. The number of halogens is 2. The summed E-state index contributed by atoms with van der Waals surface area (Å²) in [5.74, 6) is 0.876. The monoisotopic (exact) mass is 479 g/mol. The maximum atomic E-state index is 4.16. The van der Waals surface area contributed by atoms with Crippen molar-refractivity contribution in [2.24, 2.45) is 4.99 Å². The third-order valence-corrected chi connectivity index (χ3v) is 3.90. The van der Waals surface area contributed by atoms with Crippen LogP contribution < -0.4 is 10.6 Å². The molecule has 17 heavy (non-hydrogen) atoms. The van der Waals surface area contributed by atoms with Gasteiger partial charge in [0, 0.05) is 24.5 Å². The molecule has 0 atom stereocenters. The van der Waals surface area contributed by atoms with Crippen molar-refractivity contribution < 1.29 is 0 Å². The van der Waals surface area contributed by atoms with Crippen molar-refractivity contribution in [3.8, 4) is 0 Å². The Hall–Kier alpha value is 0.430. The largest absolute Gasteiger partial charge is 0.356 e. The van der Waals surface area contributed by atoms with Gasteiger partial charge in [-0.25, -0.2) is 0 Å². The molecular weight excluding hydrogens is 460 g/mol. The molecule has 1 aromatic rings. The van der Waals surface area contributed by atoms with Gasteiger partial charge in [0.1, 0.15) is 0 Å². The van der Waals surface area contributed by atoms with Gasteiger partial charge in [-0.15, -0.1) is 35.3 Å². The lowest BCUT2D eigenvalue weighted by atomic mass is 10.3. The minimum Gasteiger partial charge on any atom is -0.356 e. The van der Waals surface area contributed by atoms with Crippen molar-refractivity contribution >= 4 is 63.9 Å². The maximum Gasteiger partial charge on any atom is 0.191 e. The Morgan fingerprint density at radius 3 is 2.65 bits per heavy atom. The molecule has 0 unspecified atom stereocenters. The van der Waals surface area contributed by atoms with Crippen LogP contribution in [0.4, 0.5) is 0 Å². The Kier molecular flexibility index (Phi) is 9.61. The third kappa shape index (κ3) is 7.45. The Morgan fingerprint density at radius 2 is 2.18 bits per heavy atom. The van der Waals surface area contributed by atoms with Gasteiger partial charge < -0.3 is 10.6 Å². The second kappa shape index (κ2) is 9.37. The van der Waals surface area contributed by atoms with Crippen molar-refractivity contribution in [3.63, 3.8) is 0 Å². The lowest BCUT2D eigenvalue weighted by molar-refractivity contribution is 0.699. The van der Waals surface area contributed by atoms with E-state index in [0.29, 0.717) is 6.04 Å². The average molecular weight is 479 g/mol. The Morgan fingerprint density at radius 1 is 1.47 bits per heavy atom. The van der Waals surface area contributed by atoms with E-state index < -0.39 is 0 Å². The van der Waals surface area contributed by atoms with E-state index in [0.717, 1.165) is 18.9 Å². The molecule has 0 aliphatic carbocycles. The highest BCUT2D eigenvalue weighted by Gasteiger charge is 2.01. The summed E-state index contributed by atoms with van der Waals surface area (Å²) < 4.78 is 1.34. The van der Waals surface area contributed by atoms with E-state index in [1.54, 1.807) is 7.05 Å². The molecule has 0 saturated carbocycles. The molecule has 0 saturated heterocycles.